The van der Waals surface area contributed by atoms with Crippen molar-refractivity contribution in [3.8, 4) is 5.88 Å². The molecule has 2 fully saturated rings. The van der Waals surface area contributed by atoms with E-state index in [1.165, 1.54) is 16.7 Å². The average Bonchev–Trinajstić information content (AvgIpc) is 3.50. The third-order valence-corrected chi connectivity index (χ3v) is 5.79. The lowest BCUT2D eigenvalue weighted by Gasteiger charge is -2.32. The third kappa shape index (κ3) is 4.90. The summed E-state index contributed by atoms with van der Waals surface area (Å²) in [6.07, 6.45) is 4.56. The molecule has 0 spiro atoms. The largest absolute Gasteiger partial charge is 0.492 e. The second kappa shape index (κ2) is 10.1. The summed E-state index contributed by atoms with van der Waals surface area (Å²) in [7, 11) is 0. The van der Waals surface area contributed by atoms with Crippen LogP contribution in [0.5, 0.6) is 5.88 Å². The van der Waals surface area contributed by atoms with Crippen LogP contribution in [-0.2, 0) is 16.1 Å². The van der Waals surface area contributed by atoms with Gasteiger partial charge in [-0.2, -0.15) is 4.52 Å². The molecule has 34 heavy (non-hydrogen) atoms. The molecule has 0 unspecified atom stereocenters. The fraction of sp³-hybridized carbons (Fsp3) is 0.545. The number of nitrogens with two attached hydrogens (primary N) is 1. The summed E-state index contributed by atoms with van der Waals surface area (Å²) in [5.41, 5.74) is 5.68. The van der Waals surface area contributed by atoms with Gasteiger partial charge in [-0.15, -0.1) is 17.5 Å². The number of hydrogen-bond acceptors (Lipinski definition) is 7. The molecule has 1 saturated carbocycles. The van der Waals surface area contributed by atoms with Gasteiger partial charge < -0.3 is 25.8 Å². The van der Waals surface area contributed by atoms with Gasteiger partial charge in [0.15, 0.2) is 17.0 Å². The highest BCUT2D eigenvalue weighted by molar-refractivity contribution is 5.97. The monoisotopic (exact) mass is 494 g/mol. The van der Waals surface area contributed by atoms with Gasteiger partial charge in [-0.3, -0.25) is 19.0 Å². The third-order valence-electron chi connectivity index (χ3n) is 5.79. The molecule has 2 aromatic rings. The minimum absolute atomic E-state index is 0. The topological polar surface area (TPSA) is 144 Å². The fourth-order valence-corrected chi connectivity index (χ4v) is 3.96. The molecule has 4 rings (SSSR count). The van der Waals surface area contributed by atoms with Crippen molar-refractivity contribution >= 4 is 41.8 Å². The van der Waals surface area contributed by atoms with E-state index in [9.17, 15) is 19.5 Å². The first kappa shape index (κ1) is 25.6. The Kier molecular flexibility index (Phi) is 7.57. The summed E-state index contributed by atoms with van der Waals surface area (Å²) >= 11 is 0. The van der Waals surface area contributed by atoms with Crippen molar-refractivity contribution in [2.45, 2.75) is 52.2 Å². The zero-order chi connectivity index (χ0) is 23.9. The Labute approximate surface area is 203 Å². The summed E-state index contributed by atoms with van der Waals surface area (Å²) in [6, 6.07) is -0.0480. The molecule has 186 valence electrons. The number of aromatic nitrogens is 3. The van der Waals surface area contributed by atoms with Gasteiger partial charge in [0.05, 0.1) is 24.8 Å². The average molecular weight is 495 g/mol. The number of carbonyl (C=O) groups excluding carboxylic acids is 2. The number of fused-ring (bicyclic) bond motifs is 1. The number of carbonyl (C=O) groups is 2. The van der Waals surface area contributed by atoms with E-state index < -0.39 is 17.3 Å². The number of anilines is 1. The number of halogens is 1. The van der Waals surface area contributed by atoms with Crippen LogP contribution in [0.1, 0.15) is 49.5 Å². The van der Waals surface area contributed by atoms with E-state index in [1.54, 1.807) is 4.90 Å². The van der Waals surface area contributed by atoms with Crippen molar-refractivity contribution in [2.24, 2.45) is 5.92 Å². The van der Waals surface area contributed by atoms with Gasteiger partial charge in [0.2, 0.25) is 11.8 Å². The quantitative estimate of drug-likeness (QED) is 0.508. The molecule has 3 heterocycles. The number of ether oxygens (including phenoxy) is 1. The molecule has 0 aromatic carbocycles. The van der Waals surface area contributed by atoms with E-state index in [-0.39, 0.29) is 59.9 Å². The first-order valence-electron chi connectivity index (χ1n) is 11.2. The molecule has 0 radical (unpaired) electrons. The van der Waals surface area contributed by atoms with E-state index in [1.807, 2.05) is 20.8 Å². The highest BCUT2D eigenvalue weighted by Gasteiger charge is 2.30. The number of amides is 2. The molecule has 2 aliphatic rings. The Balaban J connectivity index is 0.00000324. The Morgan fingerprint density at radius 3 is 2.68 bits per heavy atom. The van der Waals surface area contributed by atoms with Gasteiger partial charge in [-0.1, -0.05) is 13.8 Å². The molecule has 12 heteroatoms. The molecule has 1 atom stereocenters. The van der Waals surface area contributed by atoms with Gasteiger partial charge in [0.1, 0.15) is 0 Å². The van der Waals surface area contributed by atoms with Gasteiger partial charge in [0.25, 0.3) is 11.5 Å². The van der Waals surface area contributed by atoms with E-state index in [0.717, 1.165) is 17.4 Å². The number of nitrogen functional groups attached to an aromatic ring is 1. The van der Waals surface area contributed by atoms with Crippen LogP contribution in [0, 0.1) is 5.92 Å². The molecule has 11 nitrogen and oxygen atoms in total. The van der Waals surface area contributed by atoms with Crippen molar-refractivity contribution < 1.29 is 19.4 Å². The van der Waals surface area contributed by atoms with Crippen LogP contribution in [-0.4, -0.2) is 67.8 Å². The van der Waals surface area contributed by atoms with Crippen LogP contribution in [0.3, 0.4) is 0 Å². The number of aromatic hydroxyl groups is 1. The highest BCUT2D eigenvalue weighted by Crippen LogP contribution is 2.26. The van der Waals surface area contributed by atoms with Crippen LogP contribution in [0.2, 0.25) is 0 Å². The van der Waals surface area contributed by atoms with E-state index in [4.69, 9.17) is 10.5 Å². The standard InChI is InChI=1S/C22H30N6O5.ClH/c1-12(2)10-27-20-15(6-7-16(29)26-8-9-33-11-13(26)3)18(23)25-28(20)22(32)17(21(27)31)19(30)24-14-4-5-14;/h6-7,12-14,32H,4-5,8-11H2,1-3H3,(H2,23,25)(H,24,30);1H/b7-6+;/t13-;/m1./s1. The van der Waals surface area contributed by atoms with E-state index in [2.05, 4.69) is 10.4 Å². The Morgan fingerprint density at radius 1 is 1.35 bits per heavy atom. The summed E-state index contributed by atoms with van der Waals surface area (Å²) in [5.74, 6) is -1.35. The molecule has 1 aliphatic heterocycles. The SMILES string of the molecule is CC(C)Cn1c(=O)c(C(=O)NC2CC2)c(O)n2nc(N)c(/C=C/C(=O)N3CCOC[C@H]3C)c12.Cl. The smallest absolute Gasteiger partial charge is 0.270 e. The van der Waals surface area contributed by atoms with E-state index >= 15 is 0 Å². The van der Waals surface area contributed by atoms with Crippen LogP contribution in [0.25, 0.3) is 11.7 Å². The van der Waals surface area contributed by atoms with Crippen LogP contribution in [0.4, 0.5) is 5.82 Å². The highest BCUT2D eigenvalue weighted by atomic mass is 35.5. The molecule has 2 amide bonds. The molecular formula is C22H31ClN6O5. The van der Waals surface area contributed by atoms with Crippen LogP contribution in [0.15, 0.2) is 10.9 Å². The first-order valence-corrected chi connectivity index (χ1v) is 11.2. The second-order valence-corrected chi connectivity index (χ2v) is 9.08. The minimum Gasteiger partial charge on any atom is -0.492 e. The zero-order valence-corrected chi connectivity index (χ0v) is 20.3. The Bertz CT molecular complexity index is 1180. The second-order valence-electron chi connectivity index (χ2n) is 9.08. The predicted octanol–water partition coefficient (Wildman–Crippen LogP) is 1.01. The zero-order valence-electron chi connectivity index (χ0n) is 19.5. The lowest BCUT2D eigenvalue weighted by atomic mass is 10.2. The summed E-state index contributed by atoms with van der Waals surface area (Å²) in [5, 5.41) is 17.7. The lowest BCUT2D eigenvalue weighted by Crippen LogP contribution is -2.46. The summed E-state index contributed by atoms with van der Waals surface area (Å²) < 4.78 is 7.86. The summed E-state index contributed by atoms with van der Waals surface area (Å²) in [6.45, 7) is 7.44. The van der Waals surface area contributed by atoms with Gasteiger partial charge >= 0.3 is 0 Å². The fourth-order valence-electron chi connectivity index (χ4n) is 3.96. The molecule has 1 aliphatic carbocycles. The lowest BCUT2D eigenvalue weighted by molar-refractivity contribution is -0.133. The van der Waals surface area contributed by atoms with E-state index in [0.29, 0.717) is 25.3 Å². The van der Waals surface area contributed by atoms with Crippen molar-refractivity contribution in [1.29, 1.82) is 0 Å². The summed E-state index contributed by atoms with van der Waals surface area (Å²) in [4.78, 5) is 40.5. The van der Waals surface area contributed by atoms with Crippen LogP contribution < -0.4 is 16.6 Å². The number of morpholine rings is 1. The molecule has 0 bridgehead atoms. The number of hydrogen-bond donors (Lipinski definition) is 3. The van der Waals surface area contributed by atoms with Crippen molar-refractivity contribution in [2.75, 3.05) is 25.5 Å². The van der Waals surface area contributed by atoms with Gasteiger partial charge in [-0.05, 0) is 31.8 Å². The maximum Gasteiger partial charge on any atom is 0.270 e. The number of nitrogens with zero attached hydrogens (tertiary/aromatic N) is 4. The minimum atomic E-state index is -0.637. The molecule has 4 N–H and O–H groups in total. The maximum atomic E-state index is 13.3. The maximum absolute atomic E-state index is 13.3. The first-order chi connectivity index (χ1) is 15.7. The number of rotatable bonds is 6. The normalized spacial score (nSPS) is 18.5. The van der Waals surface area contributed by atoms with Gasteiger partial charge in [-0.25, -0.2) is 0 Å². The van der Waals surface area contributed by atoms with Crippen molar-refractivity contribution in [3.63, 3.8) is 0 Å². The van der Waals surface area contributed by atoms with Crippen LogP contribution >= 0.6 is 12.4 Å². The van der Waals surface area contributed by atoms with Gasteiger partial charge in [0, 0.05) is 25.2 Å². The van der Waals surface area contributed by atoms with Crippen molar-refractivity contribution in [1.82, 2.24) is 24.4 Å². The molecular weight excluding hydrogens is 464 g/mol. The van der Waals surface area contributed by atoms with Crippen molar-refractivity contribution in [3.05, 3.63) is 27.6 Å². The predicted molar refractivity (Wildman–Crippen MR) is 129 cm³/mol. The number of nitrogens with one attached hydrogen (secondary N) is 1. The Hall–Kier alpha value is -3.05. The Morgan fingerprint density at radius 2 is 2.06 bits per heavy atom. The molecule has 1 saturated heterocycles. The molecule has 2 aromatic heterocycles.